The van der Waals surface area contributed by atoms with Gasteiger partial charge in [0.25, 0.3) is 5.69 Å². The molecule has 0 aliphatic carbocycles. The van der Waals surface area contributed by atoms with Crippen LogP contribution in [-0.2, 0) is 0 Å². The second-order valence-electron chi connectivity index (χ2n) is 3.98. The van der Waals surface area contributed by atoms with Gasteiger partial charge in [-0.15, -0.1) is 12.3 Å². The number of Topliss-reactive ketones (excluding diaryl/α,β-unsaturated/α-hetero) is 1. The number of carbonyl (C=O) groups is 1. The van der Waals surface area contributed by atoms with Crippen LogP contribution in [0.15, 0.2) is 18.2 Å². The molecule has 1 rings (SSSR count). The number of nitrogens with one attached hydrogen (secondary N) is 1. The van der Waals surface area contributed by atoms with Crippen LogP contribution in [0, 0.1) is 22.5 Å². The largest absolute Gasteiger partial charge is 0.394 e. The quantitative estimate of drug-likeness (QED) is 0.351. The molecule has 2 N–H and O–H groups in total. The smallest absolute Gasteiger partial charge is 0.293 e. The number of hydrogen-bond donors (Lipinski definition) is 2. The molecule has 0 spiro atoms. The molecule has 0 bridgehead atoms. The Labute approximate surface area is 110 Å². The minimum Gasteiger partial charge on any atom is -0.394 e. The van der Waals surface area contributed by atoms with Gasteiger partial charge in [-0.05, 0) is 19.1 Å². The van der Waals surface area contributed by atoms with Crippen molar-refractivity contribution in [3.63, 3.8) is 0 Å². The highest BCUT2D eigenvalue weighted by Gasteiger charge is 2.18. The van der Waals surface area contributed by atoms with Gasteiger partial charge in [-0.2, -0.15) is 0 Å². The van der Waals surface area contributed by atoms with E-state index in [1.807, 2.05) is 0 Å². The molecular formula is C13H14N2O4. The normalized spacial score (nSPS) is 11.4. The maximum atomic E-state index is 11.2. The van der Waals surface area contributed by atoms with Gasteiger partial charge in [-0.1, -0.05) is 0 Å². The monoisotopic (exact) mass is 262 g/mol. The molecule has 0 aliphatic heterocycles. The van der Waals surface area contributed by atoms with Crippen LogP contribution in [0.25, 0.3) is 0 Å². The number of aliphatic hydroxyl groups is 1. The van der Waals surface area contributed by atoms with Crippen molar-refractivity contribution in [1.29, 1.82) is 0 Å². The third kappa shape index (κ3) is 3.79. The summed E-state index contributed by atoms with van der Waals surface area (Å²) in [5.41, 5.74) is 0.266. The number of ketones is 1. The van der Waals surface area contributed by atoms with E-state index in [-0.39, 0.29) is 35.7 Å². The Morgan fingerprint density at radius 3 is 2.79 bits per heavy atom. The van der Waals surface area contributed by atoms with Crippen molar-refractivity contribution in [2.75, 3.05) is 11.9 Å². The third-order valence-electron chi connectivity index (χ3n) is 2.55. The molecule has 100 valence electrons. The van der Waals surface area contributed by atoms with Crippen molar-refractivity contribution < 1.29 is 14.8 Å². The molecule has 0 heterocycles. The highest BCUT2D eigenvalue weighted by molar-refractivity contribution is 5.95. The summed E-state index contributed by atoms with van der Waals surface area (Å²) in [6.45, 7) is 1.09. The van der Waals surface area contributed by atoms with Crippen molar-refractivity contribution in [2.45, 2.75) is 19.4 Å². The van der Waals surface area contributed by atoms with Crippen molar-refractivity contribution in [3.8, 4) is 12.3 Å². The average Bonchev–Trinajstić information content (AvgIpc) is 2.37. The molecule has 0 radical (unpaired) electrons. The Morgan fingerprint density at radius 2 is 2.32 bits per heavy atom. The standard InChI is InChI=1S/C13H14N2O4/c1-3-4-11(8-16)14-12-6-5-10(9(2)17)7-13(12)15(18)19/h1,5-7,11,14,16H,4,8H2,2H3/t11-/m0/s1. The van der Waals surface area contributed by atoms with Gasteiger partial charge in [0.15, 0.2) is 5.78 Å². The zero-order valence-electron chi connectivity index (χ0n) is 10.4. The average molecular weight is 262 g/mol. The van der Waals surface area contributed by atoms with Gasteiger partial charge >= 0.3 is 0 Å². The van der Waals surface area contributed by atoms with E-state index < -0.39 is 11.0 Å². The molecule has 0 fully saturated rings. The van der Waals surface area contributed by atoms with E-state index in [1.165, 1.54) is 25.1 Å². The number of carbonyl (C=O) groups excluding carboxylic acids is 1. The summed E-state index contributed by atoms with van der Waals surface area (Å²) < 4.78 is 0. The summed E-state index contributed by atoms with van der Waals surface area (Å²) in [4.78, 5) is 21.6. The number of benzene rings is 1. The molecule has 19 heavy (non-hydrogen) atoms. The summed E-state index contributed by atoms with van der Waals surface area (Å²) >= 11 is 0. The van der Waals surface area contributed by atoms with E-state index in [0.717, 1.165) is 0 Å². The van der Waals surface area contributed by atoms with Crippen molar-refractivity contribution in [1.82, 2.24) is 0 Å². The topological polar surface area (TPSA) is 92.5 Å². The maximum Gasteiger partial charge on any atom is 0.293 e. The molecule has 0 aliphatic rings. The molecule has 6 nitrogen and oxygen atoms in total. The van der Waals surface area contributed by atoms with Crippen LogP contribution >= 0.6 is 0 Å². The number of nitro groups is 1. The van der Waals surface area contributed by atoms with Crippen LogP contribution in [0.3, 0.4) is 0 Å². The summed E-state index contributed by atoms with van der Waals surface area (Å²) in [6, 6.07) is 3.66. The Kier molecular flexibility index (Phi) is 5.03. The first-order valence-corrected chi connectivity index (χ1v) is 5.59. The highest BCUT2D eigenvalue weighted by atomic mass is 16.6. The molecule has 0 aromatic heterocycles. The number of nitro benzene ring substituents is 1. The Hall–Kier alpha value is -2.39. The van der Waals surface area contributed by atoms with Gasteiger partial charge < -0.3 is 10.4 Å². The summed E-state index contributed by atoms with van der Waals surface area (Å²) in [5.74, 6) is 2.12. The van der Waals surface area contributed by atoms with Crippen LogP contribution in [0.2, 0.25) is 0 Å². The van der Waals surface area contributed by atoms with Crippen LogP contribution in [-0.4, -0.2) is 28.5 Å². The molecule has 0 saturated heterocycles. The van der Waals surface area contributed by atoms with Crippen molar-refractivity contribution >= 4 is 17.2 Å². The van der Waals surface area contributed by atoms with Gasteiger partial charge in [-0.25, -0.2) is 0 Å². The van der Waals surface area contributed by atoms with Crippen LogP contribution in [0.1, 0.15) is 23.7 Å². The molecule has 0 unspecified atom stereocenters. The lowest BCUT2D eigenvalue weighted by atomic mass is 10.1. The number of nitrogens with zero attached hydrogens (tertiary/aromatic N) is 1. The predicted molar refractivity (Wildman–Crippen MR) is 71.0 cm³/mol. The predicted octanol–water partition coefficient (Wildman–Crippen LogP) is 1.59. The second kappa shape index (κ2) is 6.52. The summed E-state index contributed by atoms with van der Waals surface area (Å²) in [6.07, 6.45) is 5.38. The van der Waals surface area contributed by atoms with Crippen molar-refractivity contribution in [2.24, 2.45) is 0 Å². The molecule has 1 aromatic carbocycles. The van der Waals surface area contributed by atoms with Crippen LogP contribution in [0.4, 0.5) is 11.4 Å². The van der Waals surface area contributed by atoms with E-state index in [2.05, 4.69) is 11.2 Å². The van der Waals surface area contributed by atoms with Crippen LogP contribution in [0.5, 0.6) is 0 Å². The van der Waals surface area contributed by atoms with Crippen LogP contribution < -0.4 is 5.32 Å². The van der Waals surface area contributed by atoms with Crippen molar-refractivity contribution in [3.05, 3.63) is 33.9 Å². The number of rotatable bonds is 6. The van der Waals surface area contributed by atoms with Gasteiger partial charge in [0.2, 0.25) is 0 Å². The molecular weight excluding hydrogens is 248 g/mol. The lowest BCUT2D eigenvalue weighted by Crippen LogP contribution is -2.23. The lowest BCUT2D eigenvalue weighted by molar-refractivity contribution is -0.384. The van der Waals surface area contributed by atoms with Gasteiger partial charge in [0.05, 0.1) is 17.6 Å². The van der Waals surface area contributed by atoms with Gasteiger partial charge in [-0.3, -0.25) is 14.9 Å². The molecule has 1 aromatic rings. The Balaban J connectivity index is 3.10. The Bertz CT molecular complexity index is 534. The summed E-state index contributed by atoms with van der Waals surface area (Å²) in [7, 11) is 0. The van der Waals surface area contributed by atoms with E-state index >= 15 is 0 Å². The zero-order valence-corrected chi connectivity index (χ0v) is 10.4. The fourth-order valence-corrected chi connectivity index (χ4v) is 1.55. The maximum absolute atomic E-state index is 11.2. The number of aliphatic hydroxyl groups excluding tert-OH is 1. The minimum atomic E-state index is -0.584. The fourth-order valence-electron chi connectivity index (χ4n) is 1.55. The van der Waals surface area contributed by atoms with E-state index in [0.29, 0.717) is 0 Å². The van der Waals surface area contributed by atoms with Gasteiger partial charge in [0, 0.05) is 18.1 Å². The highest BCUT2D eigenvalue weighted by Crippen LogP contribution is 2.26. The number of anilines is 1. The SMILES string of the molecule is C#CC[C@@H](CO)Nc1ccc(C(C)=O)cc1[N+](=O)[O-]. The van der Waals surface area contributed by atoms with E-state index in [4.69, 9.17) is 11.5 Å². The zero-order chi connectivity index (χ0) is 14.4. The van der Waals surface area contributed by atoms with Gasteiger partial charge in [0.1, 0.15) is 5.69 Å². The lowest BCUT2D eigenvalue weighted by Gasteiger charge is -2.15. The molecule has 0 amide bonds. The first-order chi connectivity index (χ1) is 8.99. The van der Waals surface area contributed by atoms with E-state index in [9.17, 15) is 14.9 Å². The number of terminal acetylenes is 1. The van der Waals surface area contributed by atoms with E-state index in [1.54, 1.807) is 0 Å². The second-order valence-corrected chi connectivity index (χ2v) is 3.98. The summed E-state index contributed by atoms with van der Waals surface area (Å²) in [5, 5.41) is 22.9. The Morgan fingerprint density at radius 1 is 1.63 bits per heavy atom. The minimum absolute atomic E-state index is 0.219. The molecule has 0 saturated carbocycles. The third-order valence-corrected chi connectivity index (χ3v) is 2.55. The fraction of sp³-hybridized carbons (Fsp3) is 0.308. The first-order valence-electron chi connectivity index (χ1n) is 5.59. The molecule has 1 atom stereocenters. The first kappa shape index (κ1) is 14.7. The molecule has 6 heteroatoms. The number of hydrogen-bond acceptors (Lipinski definition) is 5.